The summed E-state index contributed by atoms with van der Waals surface area (Å²) in [4.78, 5) is 33.3. The normalized spacial score (nSPS) is 20.8. The Morgan fingerprint density at radius 1 is 1.32 bits per heavy atom. The zero-order chi connectivity index (χ0) is 19.5. The van der Waals surface area contributed by atoms with Gasteiger partial charge in [-0.2, -0.15) is 0 Å². The summed E-state index contributed by atoms with van der Waals surface area (Å²) in [6, 6.07) is 6.31. The van der Waals surface area contributed by atoms with E-state index in [2.05, 4.69) is 4.98 Å². The molecule has 1 saturated heterocycles. The zero-order valence-corrected chi connectivity index (χ0v) is 16.1. The van der Waals surface area contributed by atoms with Crippen LogP contribution in [-0.4, -0.2) is 61.0 Å². The van der Waals surface area contributed by atoms with Crippen LogP contribution in [0.3, 0.4) is 0 Å². The highest BCUT2D eigenvalue weighted by molar-refractivity contribution is 7.12. The number of ether oxygens (including phenoxy) is 1. The lowest BCUT2D eigenvalue weighted by atomic mass is 9.96. The van der Waals surface area contributed by atoms with Gasteiger partial charge in [0.1, 0.15) is 13.1 Å². The molecule has 0 spiro atoms. The van der Waals surface area contributed by atoms with Gasteiger partial charge in [0.15, 0.2) is 0 Å². The standard InChI is InChI=1S/C20H21N3O4S/c24-18(15-4-2-12-28-15)16-17(14-3-1-5-21-13-14)23(20(26)19(16)25)7-6-22-8-10-27-11-9-22/h1-5,12-13,17,25H,6-11H2. The van der Waals surface area contributed by atoms with E-state index >= 15 is 0 Å². The van der Waals surface area contributed by atoms with Gasteiger partial charge in [-0.1, -0.05) is 12.1 Å². The molecule has 0 bridgehead atoms. The number of nitrogens with zero attached hydrogens (tertiary/aromatic N) is 2. The molecule has 1 amide bonds. The second-order valence-corrected chi connectivity index (χ2v) is 7.80. The maximum absolute atomic E-state index is 13.0. The fourth-order valence-electron chi connectivity index (χ4n) is 3.71. The van der Waals surface area contributed by atoms with Crippen molar-refractivity contribution in [2.75, 3.05) is 39.4 Å². The number of rotatable bonds is 6. The number of morpholine rings is 1. The highest BCUT2D eigenvalue weighted by Crippen LogP contribution is 2.37. The molecule has 2 aliphatic rings. The van der Waals surface area contributed by atoms with E-state index in [-0.39, 0.29) is 11.4 Å². The summed E-state index contributed by atoms with van der Waals surface area (Å²) in [6.07, 6.45) is 3.25. The first-order valence-corrected chi connectivity index (χ1v) is 10.2. The van der Waals surface area contributed by atoms with Crippen molar-refractivity contribution >= 4 is 23.0 Å². The summed E-state index contributed by atoms with van der Waals surface area (Å²) in [5, 5.41) is 14.6. The topological polar surface area (TPSA) is 87.0 Å². The monoisotopic (exact) mass is 399 g/mol. The maximum Gasteiger partial charge on any atom is 0.240 e. The number of ketones is 1. The Morgan fingerprint density at radius 3 is 2.82 bits per heavy atom. The second-order valence-electron chi connectivity index (χ2n) is 6.85. The second kappa shape index (κ2) is 8.22. The number of carbonyl (C=O) groups is 2. The quantitative estimate of drug-likeness (QED) is 0.658. The highest BCUT2D eigenvalue weighted by Gasteiger charge is 2.40. The van der Waals surface area contributed by atoms with Gasteiger partial charge in [-0.05, 0) is 28.8 Å². The van der Waals surface area contributed by atoms with Crippen LogP contribution in [-0.2, 0) is 9.53 Å². The molecule has 7 nitrogen and oxygen atoms in total. The van der Waals surface area contributed by atoms with Crippen LogP contribution in [0.25, 0.3) is 0 Å². The van der Waals surface area contributed by atoms with Crippen LogP contribution in [0.5, 0.6) is 0 Å². The van der Waals surface area contributed by atoms with Crippen molar-refractivity contribution in [1.29, 1.82) is 0 Å². The summed E-state index contributed by atoms with van der Waals surface area (Å²) in [7, 11) is 0. The van der Waals surface area contributed by atoms with Crippen LogP contribution in [0.15, 0.2) is 53.4 Å². The molecule has 0 radical (unpaired) electrons. The molecule has 0 saturated carbocycles. The van der Waals surface area contributed by atoms with Crippen molar-refractivity contribution in [3.8, 4) is 0 Å². The number of nitrogens with one attached hydrogen (secondary N) is 1. The van der Waals surface area contributed by atoms with Gasteiger partial charge in [0.25, 0.3) is 0 Å². The van der Waals surface area contributed by atoms with E-state index < -0.39 is 17.7 Å². The molecule has 1 atom stereocenters. The average molecular weight is 399 g/mol. The van der Waals surface area contributed by atoms with E-state index in [0.717, 1.165) is 13.1 Å². The third kappa shape index (κ3) is 3.58. The summed E-state index contributed by atoms with van der Waals surface area (Å²) in [5.74, 6) is -1.69. The van der Waals surface area contributed by atoms with Crippen LogP contribution in [0.4, 0.5) is 0 Å². The van der Waals surface area contributed by atoms with Crippen LogP contribution < -0.4 is 10.0 Å². The molecule has 146 valence electrons. The smallest absolute Gasteiger partial charge is 0.240 e. The lowest BCUT2D eigenvalue weighted by molar-refractivity contribution is -0.907. The largest absolute Gasteiger partial charge is 0.868 e. The van der Waals surface area contributed by atoms with E-state index in [9.17, 15) is 14.7 Å². The lowest BCUT2D eigenvalue weighted by Crippen LogP contribution is -3.14. The van der Waals surface area contributed by atoms with Gasteiger partial charge >= 0.3 is 0 Å². The molecule has 0 aromatic carbocycles. The SMILES string of the molecule is O=C(C1=C([O-])C(=O)N(CC[NH+]2CCOCC2)C1c1cccnc1)c1cccs1. The minimum atomic E-state index is -0.704. The number of pyridine rings is 1. The van der Waals surface area contributed by atoms with Crippen LogP contribution in [0.1, 0.15) is 21.3 Å². The Morgan fingerprint density at radius 2 is 2.14 bits per heavy atom. The molecule has 2 aliphatic heterocycles. The Balaban J connectivity index is 1.64. The number of quaternary nitrogens is 1. The first kappa shape index (κ1) is 18.8. The Bertz CT molecular complexity index is 876. The first-order valence-electron chi connectivity index (χ1n) is 9.28. The molecule has 8 heteroatoms. The minimum absolute atomic E-state index is 0.0254. The Hall–Kier alpha value is -2.55. The number of Topliss-reactive ketones (excluding diaryl/α,β-unsaturated/α-hetero) is 1. The average Bonchev–Trinajstić information content (AvgIpc) is 3.36. The summed E-state index contributed by atoms with van der Waals surface area (Å²) < 4.78 is 5.38. The molecule has 1 fully saturated rings. The number of carbonyl (C=O) groups excluding carboxylic acids is 2. The van der Waals surface area contributed by atoms with Crippen molar-refractivity contribution in [3.63, 3.8) is 0 Å². The van der Waals surface area contributed by atoms with Crippen molar-refractivity contribution < 1.29 is 24.3 Å². The molecule has 28 heavy (non-hydrogen) atoms. The van der Waals surface area contributed by atoms with E-state index in [1.54, 1.807) is 42.0 Å². The van der Waals surface area contributed by atoms with Crippen molar-refractivity contribution in [1.82, 2.24) is 9.88 Å². The molecule has 1 N–H and O–H groups in total. The van der Waals surface area contributed by atoms with Crippen molar-refractivity contribution in [2.24, 2.45) is 0 Å². The fraction of sp³-hybridized carbons (Fsp3) is 0.350. The predicted octanol–water partition coefficient (Wildman–Crippen LogP) is -0.561. The number of hydrogen-bond acceptors (Lipinski definition) is 6. The molecule has 2 aromatic rings. The van der Waals surface area contributed by atoms with Gasteiger partial charge in [-0.15, -0.1) is 11.3 Å². The molecule has 4 heterocycles. The van der Waals surface area contributed by atoms with Crippen molar-refractivity contribution in [2.45, 2.75) is 6.04 Å². The molecule has 0 aliphatic carbocycles. The molecular formula is C20H21N3O4S. The Kier molecular flexibility index (Phi) is 5.52. The summed E-state index contributed by atoms with van der Waals surface area (Å²) >= 11 is 1.27. The van der Waals surface area contributed by atoms with E-state index in [1.807, 2.05) is 0 Å². The van der Waals surface area contributed by atoms with E-state index in [0.29, 0.717) is 36.7 Å². The third-order valence-corrected chi connectivity index (χ3v) is 6.05. The minimum Gasteiger partial charge on any atom is -0.868 e. The van der Waals surface area contributed by atoms with Crippen molar-refractivity contribution in [3.05, 3.63) is 63.8 Å². The van der Waals surface area contributed by atoms with Gasteiger partial charge < -0.3 is 19.6 Å². The third-order valence-electron chi connectivity index (χ3n) is 5.18. The van der Waals surface area contributed by atoms with Gasteiger partial charge in [0.05, 0.1) is 37.2 Å². The molecule has 1 unspecified atom stereocenters. The number of amides is 1. The first-order chi connectivity index (χ1) is 13.7. The number of aromatic nitrogens is 1. The summed E-state index contributed by atoms with van der Waals surface area (Å²) in [6.45, 7) is 4.25. The van der Waals surface area contributed by atoms with Gasteiger partial charge in [0.2, 0.25) is 11.7 Å². The summed E-state index contributed by atoms with van der Waals surface area (Å²) in [5.41, 5.74) is 0.705. The van der Waals surface area contributed by atoms with E-state index in [1.165, 1.54) is 21.1 Å². The molecule has 2 aromatic heterocycles. The fourth-order valence-corrected chi connectivity index (χ4v) is 4.39. The van der Waals surface area contributed by atoms with Crippen LogP contribution in [0, 0.1) is 0 Å². The van der Waals surface area contributed by atoms with Crippen LogP contribution >= 0.6 is 11.3 Å². The zero-order valence-electron chi connectivity index (χ0n) is 15.3. The van der Waals surface area contributed by atoms with Gasteiger partial charge in [-0.25, -0.2) is 0 Å². The Labute approximate surface area is 166 Å². The highest BCUT2D eigenvalue weighted by atomic mass is 32.1. The van der Waals surface area contributed by atoms with Crippen LogP contribution in [0.2, 0.25) is 0 Å². The maximum atomic E-state index is 13.0. The lowest BCUT2D eigenvalue weighted by Gasteiger charge is -2.30. The van der Waals surface area contributed by atoms with E-state index in [4.69, 9.17) is 4.74 Å². The predicted molar refractivity (Wildman–Crippen MR) is 101 cm³/mol. The molecule has 4 rings (SSSR count). The molecular weight excluding hydrogens is 378 g/mol. The van der Waals surface area contributed by atoms with Gasteiger partial charge in [-0.3, -0.25) is 14.6 Å². The number of thiophene rings is 1. The number of hydrogen-bond donors (Lipinski definition) is 1. The van der Waals surface area contributed by atoms with Gasteiger partial charge in [0, 0.05) is 18.0 Å².